The van der Waals surface area contributed by atoms with Crippen molar-refractivity contribution in [2.75, 3.05) is 26.2 Å². The molecule has 2 unspecified atom stereocenters. The average Bonchev–Trinajstić information content (AvgIpc) is 1.98. The van der Waals surface area contributed by atoms with Crippen LogP contribution in [0.5, 0.6) is 0 Å². The number of halogens is 1. The summed E-state index contributed by atoms with van der Waals surface area (Å²) < 4.78 is 0.771. The van der Waals surface area contributed by atoms with Crippen LogP contribution in [0.2, 0.25) is 0 Å². The molecule has 0 bridgehead atoms. The first kappa shape index (κ1) is 9.74. The van der Waals surface area contributed by atoms with Gasteiger partial charge in [0.2, 0.25) is 0 Å². The molecule has 1 aliphatic rings. The van der Waals surface area contributed by atoms with Gasteiger partial charge in [0, 0.05) is 17.0 Å². The molecule has 0 spiro atoms. The third kappa shape index (κ3) is 2.87. The molecule has 1 N–H and O–H groups in total. The Morgan fingerprint density at radius 2 is 2.36 bits per heavy atom. The van der Waals surface area contributed by atoms with Crippen LogP contribution in [-0.4, -0.2) is 40.2 Å². The minimum Gasteiger partial charge on any atom is -0.395 e. The van der Waals surface area contributed by atoms with Gasteiger partial charge in [-0.3, -0.25) is 4.90 Å². The topological polar surface area (TPSA) is 23.5 Å². The highest BCUT2D eigenvalue weighted by Gasteiger charge is 2.22. The molecule has 1 saturated heterocycles. The monoisotopic (exact) mass is 269 g/mol. The molecule has 0 saturated carbocycles. The van der Waals surface area contributed by atoms with Crippen LogP contribution < -0.4 is 0 Å². The largest absolute Gasteiger partial charge is 0.395 e. The molecular weight excluding hydrogens is 253 g/mol. The fourth-order valence-corrected chi connectivity index (χ4v) is 2.35. The molecule has 0 aliphatic carbocycles. The van der Waals surface area contributed by atoms with Gasteiger partial charge < -0.3 is 5.11 Å². The molecule has 66 valence electrons. The lowest BCUT2D eigenvalue weighted by Gasteiger charge is -2.33. The summed E-state index contributed by atoms with van der Waals surface area (Å²) in [7, 11) is 0. The normalized spacial score (nSPS) is 34.1. The van der Waals surface area contributed by atoms with Crippen LogP contribution in [0.1, 0.15) is 13.3 Å². The Balaban J connectivity index is 2.28. The van der Waals surface area contributed by atoms with E-state index in [1.54, 1.807) is 0 Å². The van der Waals surface area contributed by atoms with Crippen LogP contribution in [0.4, 0.5) is 0 Å². The first-order chi connectivity index (χ1) is 5.24. The number of β-amino-alcohol motifs (C(OH)–C–C–N with tert-alkyl or cyclic N) is 1. The van der Waals surface area contributed by atoms with Crippen molar-refractivity contribution in [3.05, 3.63) is 0 Å². The van der Waals surface area contributed by atoms with E-state index in [0.717, 1.165) is 22.9 Å². The maximum atomic E-state index is 8.73. The van der Waals surface area contributed by atoms with E-state index < -0.39 is 0 Å². The molecule has 1 aliphatic heterocycles. The molecule has 1 rings (SSSR count). The lowest BCUT2D eigenvalue weighted by Crippen LogP contribution is -2.41. The van der Waals surface area contributed by atoms with Crippen molar-refractivity contribution in [2.24, 2.45) is 5.92 Å². The maximum absolute atomic E-state index is 8.73. The van der Waals surface area contributed by atoms with Crippen molar-refractivity contribution in [3.8, 4) is 0 Å². The number of aliphatic hydroxyl groups excluding tert-OH is 1. The van der Waals surface area contributed by atoms with Gasteiger partial charge in [-0.05, 0) is 18.9 Å². The van der Waals surface area contributed by atoms with Gasteiger partial charge in [-0.2, -0.15) is 0 Å². The molecule has 1 fully saturated rings. The van der Waals surface area contributed by atoms with E-state index in [-0.39, 0.29) is 0 Å². The van der Waals surface area contributed by atoms with Crippen molar-refractivity contribution in [3.63, 3.8) is 0 Å². The number of rotatable bonds is 2. The second kappa shape index (κ2) is 4.62. The van der Waals surface area contributed by atoms with Gasteiger partial charge in [0.25, 0.3) is 0 Å². The van der Waals surface area contributed by atoms with E-state index in [0.29, 0.717) is 6.61 Å². The van der Waals surface area contributed by atoms with Crippen LogP contribution in [0.25, 0.3) is 0 Å². The van der Waals surface area contributed by atoms with E-state index in [1.165, 1.54) is 13.0 Å². The number of hydrogen-bond acceptors (Lipinski definition) is 2. The number of nitrogens with zero attached hydrogens (tertiary/aromatic N) is 1. The number of likely N-dealkylation sites (tertiary alicyclic amines) is 1. The van der Waals surface area contributed by atoms with Crippen LogP contribution in [0.3, 0.4) is 0 Å². The molecule has 2 atom stereocenters. The van der Waals surface area contributed by atoms with Crippen LogP contribution >= 0.6 is 22.6 Å². The van der Waals surface area contributed by atoms with Gasteiger partial charge in [0.05, 0.1) is 6.61 Å². The van der Waals surface area contributed by atoms with Gasteiger partial charge in [-0.25, -0.2) is 0 Å². The summed E-state index contributed by atoms with van der Waals surface area (Å²) in [5.41, 5.74) is 0. The van der Waals surface area contributed by atoms with Gasteiger partial charge in [0.1, 0.15) is 0 Å². The van der Waals surface area contributed by atoms with Crippen LogP contribution in [0.15, 0.2) is 0 Å². The van der Waals surface area contributed by atoms with Gasteiger partial charge in [-0.15, -0.1) is 0 Å². The van der Waals surface area contributed by atoms with Crippen LogP contribution in [0, 0.1) is 5.92 Å². The van der Waals surface area contributed by atoms with Gasteiger partial charge >= 0.3 is 0 Å². The molecule has 2 nitrogen and oxygen atoms in total. The number of piperidine rings is 1. The van der Waals surface area contributed by atoms with E-state index in [2.05, 4.69) is 34.4 Å². The first-order valence-corrected chi connectivity index (χ1v) is 5.46. The first-order valence-electron chi connectivity index (χ1n) is 4.21. The Bertz CT molecular complexity index is 121. The minimum atomic E-state index is 0.303. The summed E-state index contributed by atoms with van der Waals surface area (Å²) in [6, 6.07) is 0. The molecule has 0 aromatic rings. The maximum Gasteiger partial charge on any atom is 0.0558 e. The SMILES string of the molecule is CC1CCN(CCO)CC1I. The molecule has 1 heterocycles. The highest BCUT2D eigenvalue weighted by atomic mass is 127. The molecule has 0 aromatic heterocycles. The third-order valence-corrected chi connectivity index (χ3v) is 3.99. The molecule has 3 heteroatoms. The van der Waals surface area contributed by atoms with E-state index in [4.69, 9.17) is 5.11 Å². The second-order valence-electron chi connectivity index (χ2n) is 3.31. The quantitative estimate of drug-likeness (QED) is 0.600. The Labute approximate surface area is 82.1 Å². The minimum absolute atomic E-state index is 0.303. The lowest BCUT2D eigenvalue weighted by molar-refractivity contribution is 0.160. The predicted molar refractivity (Wildman–Crippen MR) is 55.1 cm³/mol. The fraction of sp³-hybridized carbons (Fsp3) is 1.00. The lowest BCUT2D eigenvalue weighted by atomic mass is 9.99. The molecule has 0 amide bonds. The van der Waals surface area contributed by atoms with Crippen molar-refractivity contribution >= 4 is 22.6 Å². The Kier molecular flexibility index (Phi) is 4.09. The fourth-order valence-electron chi connectivity index (χ4n) is 1.43. The number of aliphatic hydroxyl groups is 1. The molecule has 11 heavy (non-hydrogen) atoms. The highest BCUT2D eigenvalue weighted by molar-refractivity contribution is 14.1. The molecular formula is C8H16INO. The van der Waals surface area contributed by atoms with Gasteiger partial charge in [0.15, 0.2) is 0 Å². The highest BCUT2D eigenvalue weighted by Crippen LogP contribution is 2.23. The summed E-state index contributed by atoms with van der Waals surface area (Å²) in [5.74, 6) is 0.852. The Morgan fingerprint density at radius 3 is 2.91 bits per heavy atom. The standard InChI is InChI=1S/C8H16INO/c1-7-2-3-10(4-5-11)6-8(7)9/h7-8,11H,2-6H2,1H3. The van der Waals surface area contributed by atoms with E-state index in [9.17, 15) is 0 Å². The molecule has 0 radical (unpaired) electrons. The summed E-state index contributed by atoms with van der Waals surface area (Å²) in [6.45, 7) is 5.79. The zero-order valence-corrected chi connectivity index (χ0v) is 9.12. The average molecular weight is 269 g/mol. The van der Waals surface area contributed by atoms with Crippen molar-refractivity contribution in [1.82, 2.24) is 4.90 Å². The van der Waals surface area contributed by atoms with Crippen molar-refractivity contribution < 1.29 is 5.11 Å². The zero-order chi connectivity index (χ0) is 8.27. The second-order valence-corrected chi connectivity index (χ2v) is 4.91. The Morgan fingerprint density at radius 1 is 1.64 bits per heavy atom. The van der Waals surface area contributed by atoms with E-state index in [1.807, 2.05) is 0 Å². The van der Waals surface area contributed by atoms with Gasteiger partial charge in [-0.1, -0.05) is 29.5 Å². The molecule has 0 aromatic carbocycles. The predicted octanol–water partition coefficient (Wildman–Crippen LogP) is 1.12. The van der Waals surface area contributed by atoms with Crippen molar-refractivity contribution in [1.29, 1.82) is 0 Å². The third-order valence-electron chi connectivity index (χ3n) is 2.37. The van der Waals surface area contributed by atoms with Crippen LogP contribution in [-0.2, 0) is 0 Å². The zero-order valence-electron chi connectivity index (χ0n) is 6.96. The summed E-state index contributed by atoms with van der Waals surface area (Å²) >= 11 is 2.51. The number of alkyl halides is 1. The van der Waals surface area contributed by atoms with E-state index >= 15 is 0 Å². The number of hydrogen-bond donors (Lipinski definition) is 1. The summed E-state index contributed by atoms with van der Waals surface area (Å²) in [6.07, 6.45) is 1.29. The smallest absolute Gasteiger partial charge is 0.0558 e. The summed E-state index contributed by atoms with van der Waals surface area (Å²) in [5, 5.41) is 8.73. The summed E-state index contributed by atoms with van der Waals surface area (Å²) in [4.78, 5) is 2.34. The Hall–Kier alpha value is 0.650. The van der Waals surface area contributed by atoms with Crippen molar-refractivity contribution in [2.45, 2.75) is 17.3 Å².